The molecule has 0 aliphatic heterocycles. The van der Waals surface area contributed by atoms with E-state index in [9.17, 15) is 9.90 Å². The van der Waals surface area contributed by atoms with Crippen molar-refractivity contribution in [2.24, 2.45) is 0 Å². The summed E-state index contributed by atoms with van der Waals surface area (Å²) >= 11 is 0. The Morgan fingerprint density at radius 1 is 1.58 bits per heavy atom. The predicted molar refractivity (Wildman–Crippen MR) is 65.9 cm³/mol. The first-order valence-corrected chi connectivity index (χ1v) is 5.28. The number of aromatic amines is 1. The quantitative estimate of drug-likeness (QED) is 0.767. The second kappa shape index (κ2) is 5.10. The van der Waals surface area contributed by atoms with Crippen molar-refractivity contribution in [3.63, 3.8) is 0 Å². The molecule has 0 fully saturated rings. The second-order valence-corrected chi connectivity index (χ2v) is 3.58. The van der Waals surface area contributed by atoms with Crippen LogP contribution in [0.25, 0.3) is 0 Å². The Morgan fingerprint density at radius 3 is 3.05 bits per heavy atom. The zero-order chi connectivity index (χ0) is 13.8. The molecule has 0 spiro atoms. The SMILES string of the molecule is COc1cccc(C(=O)Nc2[nH]ncc2C#N)c1O. The molecule has 2 rings (SSSR count). The summed E-state index contributed by atoms with van der Waals surface area (Å²) in [7, 11) is 1.39. The summed E-state index contributed by atoms with van der Waals surface area (Å²) in [5.74, 6) is -0.467. The van der Waals surface area contributed by atoms with E-state index in [2.05, 4.69) is 15.5 Å². The number of nitrogens with zero attached hydrogens (tertiary/aromatic N) is 2. The molecule has 96 valence electrons. The van der Waals surface area contributed by atoms with Crippen molar-refractivity contribution in [3.8, 4) is 17.6 Å². The molecule has 19 heavy (non-hydrogen) atoms. The van der Waals surface area contributed by atoms with Crippen LogP contribution in [-0.2, 0) is 0 Å². The predicted octanol–water partition coefficient (Wildman–Crippen LogP) is 1.25. The molecular weight excluding hydrogens is 248 g/mol. The number of carbonyl (C=O) groups excluding carboxylic acids is 1. The third-order valence-corrected chi connectivity index (χ3v) is 2.46. The number of H-pyrrole nitrogens is 1. The number of hydrogen-bond donors (Lipinski definition) is 3. The van der Waals surface area contributed by atoms with Crippen molar-refractivity contribution in [1.82, 2.24) is 10.2 Å². The van der Waals surface area contributed by atoms with Crippen LogP contribution in [0.3, 0.4) is 0 Å². The highest BCUT2D eigenvalue weighted by Crippen LogP contribution is 2.29. The van der Waals surface area contributed by atoms with Crippen LogP contribution in [0.1, 0.15) is 15.9 Å². The van der Waals surface area contributed by atoms with E-state index in [-0.39, 0.29) is 28.4 Å². The fraction of sp³-hybridized carbons (Fsp3) is 0.0833. The van der Waals surface area contributed by atoms with E-state index in [0.717, 1.165) is 0 Å². The minimum Gasteiger partial charge on any atom is -0.504 e. The molecule has 0 saturated carbocycles. The number of phenols is 1. The number of nitrogens with one attached hydrogen (secondary N) is 2. The molecule has 0 aliphatic rings. The van der Waals surface area contributed by atoms with Crippen LogP contribution in [-0.4, -0.2) is 28.3 Å². The van der Waals surface area contributed by atoms with Gasteiger partial charge in [-0.15, -0.1) is 0 Å². The summed E-state index contributed by atoms with van der Waals surface area (Å²) in [6, 6.07) is 6.42. The van der Waals surface area contributed by atoms with E-state index < -0.39 is 5.91 Å². The van der Waals surface area contributed by atoms with Gasteiger partial charge in [-0.1, -0.05) is 6.07 Å². The van der Waals surface area contributed by atoms with E-state index >= 15 is 0 Å². The Hall–Kier alpha value is -3.01. The van der Waals surface area contributed by atoms with Gasteiger partial charge in [-0.2, -0.15) is 10.4 Å². The minimum absolute atomic E-state index is 0.0397. The third-order valence-electron chi connectivity index (χ3n) is 2.46. The van der Waals surface area contributed by atoms with Gasteiger partial charge in [-0.25, -0.2) is 0 Å². The van der Waals surface area contributed by atoms with Gasteiger partial charge in [0.1, 0.15) is 17.5 Å². The van der Waals surface area contributed by atoms with Crippen LogP contribution < -0.4 is 10.1 Å². The van der Waals surface area contributed by atoms with Gasteiger partial charge in [0, 0.05) is 0 Å². The number of anilines is 1. The van der Waals surface area contributed by atoms with E-state index in [1.165, 1.54) is 25.4 Å². The first-order chi connectivity index (χ1) is 9.17. The fourth-order valence-electron chi connectivity index (χ4n) is 1.52. The third kappa shape index (κ3) is 2.32. The van der Waals surface area contributed by atoms with E-state index in [0.29, 0.717) is 0 Å². The normalized spacial score (nSPS) is 9.68. The van der Waals surface area contributed by atoms with Gasteiger partial charge in [0.15, 0.2) is 11.5 Å². The second-order valence-electron chi connectivity index (χ2n) is 3.58. The standard InChI is InChI=1S/C12H10N4O3/c1-19-9-4-2-3-8(10(9)17)12(18)15-11-7(5-13)6-14-16-11/h2-4,6,17H,1H3,(H2,14,15,16,18). The van der Waals surface area contributed by atoms with Crippen molar-refractivity contribution in [2.45, 2.75) is 0 Å². The average molecular weight is 258 g/mol. The number of rotatable bonds is 3. The van der Waals surface area contributed by atoms with E-state index in [4.69, 9.17) is 10.00 Å². The first kappa shape index (κ1) is 12.4. The number of benzene rings is 1. The number of carbonyl (C=O) groups is 1. The fourth-order valence-corrected chi connectivity index (χ4v) is 1.52. The summed E-state index contributed by atoms with van der Waals surface area (Å²) < 4.78 is 4.91. The van der Waals surface area contributed by atoms with Gasteiger partial charge in [0.25, 0.3) is 5.91 Å². The number of methoxy groups -OCH3 is 1. The van der Waals surface area contributed by atoms with Crippen molar-refractivity contribution >= 4 is 11.7 Å². The molecule has 3 N–H and O–H groups in total. The van der Waals surface area contributed by atoms with Crippen molar-refractivity contribution in [3.05, 3.63) is 35.5 Å². The number of nitriles is 1. The van der Waals surface area contributed by atoms with Gasteiger partial charge < -0.3 is 15.2 Å². The summed E-state index contributed by atoms with van der Waals surface area (Å²) in [5, 5.41) is 27.2. The lowest BCUT2D eigenvalue weighted by Crippen LogP contribution is -2.13. The molecule has 1 amide bonds. The molecule has 2 aromatic rings. The average Bonchev–Trinajstić information content (AvgIpc) is 2.86. The molecule has 0 unspecified atom stereocenters. The maximum atomic E-state index is 12.0. The highest BCUT2D eigenvalue weighted by Gasteiger charge is 2.16. The van der Waals surface area contributed by atoms with Gasteiger partial charge in [-0.3, -0.25) is 9.89 Å². The largest absolute Gasteiger partial charge is 0.504 e. The van der Waals surface area contributed by atoms with E-state index in [1.54, 1.807) is 6.07 Å². The Labute approximate surface area is 108 Å². The van der Waals surface area contributed by atoms with Gasteiger partial charge in [-0.05, 0) is 12.1 Å². The van der Waals surface area contributed by atoms with Gasteiger partial charge in [0.2, 0.25) is 0 Å². The molecule has 1 aromatic carbocycles. The van der Waals surface area contributed by atoms with Crippen molar-refractivity contribution in [1.29, 1.82) is 5.26 Å². The summed E-state index contributed by atoms with van der Waals surface area (Å²) in [5.41, 5.74) is 0.244. The summed E-state index contributed by atoms with van der Waals surface area (Å²) in [6.07, 6.45) is 1.29. The van der Waals surface area contributed by atoms with E-state index in [1.807, 2.05) is 6.07 Å². The Balaban J connectivity index is 2.29. The molecular formula is C12H10N4O3. The molecule has 0 bridgehead atoms. The maximum Gasteiger partial charge on any atom is 0.260 e. The molecule has 0 saturated heterocycles. The number of hydrogen-bond acceptors (Lipinski definition) is 5. The lowest BCUT2D eigenvalue weighted by Gasteiger charge is -2.08. The van der Waals surface area contributed by atoms with Crippen molar-refractivity contribution < 1.29 is 14.6 Å². The summed E-state index contributed by atoms with van der Waals surface area (Å²) in [6.45, 7) is 0. The molecule has 0 aliphatic carbocycles. The first-order valence-electron chi connectivity index (χ1n) is 5.28. The summed E-state index contributed by atoms with van der Waals surface area (Å²) in [4.78, 5) is 12.0. The van der Waals surface area contributed by atoms with Crippen molar-refractivity contribution in [2.75, 3.05) is 12.4 Å². The minimum atomic E-state index is -0.572. The number of aromatic hydroxyl groups is 1. The number of para-hydroxylation sites is 1. The van der Waals surface area contributed by atoms with Crippen LogP contribution in [0.4, 0.5) is 5.82 Å². The monoisotopic (exact) mass is 258 g/mol. The number of amides is 1. The molecule has 0 atom stereocenters. The lowest BCUT2D eigenvalue weighted by atomic mass is 10.1. The van der Waals surface area contributed by atoms with Crippen LogP contribution in [0.15, 0.2) is 24.4 Å². The molecule has 1 heterocycles. The van der Waals surface area contributed by atoms with Crippen LogP contribution in [0.2, 0.25) is 0 Å². The van der Waals surface area contributed by atoms with Crippen LogP contribution >= 0.6 is 0 Å². The highest BCUT2D eigenvalue weighted by atomic mass is 16.5. The zero-order valence-electron chi connectivity index (χ0n) is 9.97. The Bertz CT molecular complexity index is 657. The van der Waals surface area contributed by atoms with Crippen LogP contribution in [0.5, 0.6) is 11.5 Å². The van der Waals surface area contributed by atoms with Crippen LogP contribution in [0, 0.1) is 11.3 Å². The van der Waals surface area contributed by atoms with Gasteiger partial charge >= 0.3 is 0 Å². The lowest BCUT2D eigenvalue weighted by molar-refractivity contribution is 0.102. The smallest absolute Gasteiger partial charge is 0.260 e. The van der Waals surface area contributed by atoms with Gasteiger partial charge in [0.05, 0.1) is 18.9 Å². The Kier molecular flexibility index (Phi) is 3.34. The molecule has 7 heteroatoms. The number of phenolic OH excluding ortho intramolecular Hbond substituents is 1. The Morgan fingerprint density at radius 2 is 2.37 bits per heavy atom. The zero-order valence-corrected chi connectivity index (χ0v) is 9.97. The topological polar surface area (TPSA) is 111 Å². The molecule has 1 aromatic heterocycles. The maximum absolute atomic E-state index is 12.0. The highest BCUT2D eigenvalue weighted by molar-refractivity contribution is 6.06. The number of ether oxygens (including phenoxy) is 1. The molecule has 7 nitrogen and oxygen atoms in total. The molecule has 0 radical (unpaired) electrons. The number of aromatic nitrogens is 2.